The normalized spacial score (nSPS) is 27.9. The molecule has 1 aliphatic rings. The molecule has 2 atom stereocenters. The molecule has 0 amide bonds. The van der Waals surface area contributed by atoms with E-state index in [1.807, 2.05) is 0 Å². The summed E-state index contributed by atoms with van der Waals surface area (Å²) in [6, 6.07) is 1.25. The first-order chi connectivity index (χ1) is 7.17. The Hall–Kier alpha value is -0.0500. The summed E-state index contributed by atoms with van der Waals surface area (Å²) >= 11 is 5.90. The molecule has 1 saturated heterocycles. The molecule has 0 bridgehead atoms. The fourth-order valence-corrected chi connectivity index (χ4v) is 2.44. The Morgan fingerprint density at radius 2 is 2.27 bits per heavy atom. The minimum Gasteiger partial charge on any atom is -0.311 e. The zero-order valence-corrected chi connectivity index (χ0v) is 10.7. The van der Waals surface area contributed by atoms with Gasteiger partial charge in [-0.05, 0) is 12.8 Å². The van der Waals surface area contributed by atoms with Gasteiger partial charge in [0.15, 0.2) is 0 Å². The Bertz CT molecular complexity index is 206. The highest BCUT2D eigenvalue weighted by atomic mass is 35.5. The largest absolute Gasteiger partial charge is 0.311 e. The van der Waals surface area contributed by atoms with Gasteiger partial charge >= 0.3 is 0 Å². The number of hydrogen-bond donors (Lipinski definition) is 1. The van der Waals surface area contributed by atoms with Gasteiger partial charge in [-0.25, -0.2) is 0 Å². The summed E-state index contributed by atoms with van der Waals surface area (Å²) in [6.45, 7) is 11.3. The number of halogens is 1. The Morgan fingerprint density at radius 1 is 1.53 bits per heavy atom. The number of piperazine rings is 1. The second-order valence-electron chi connectivity index (χ2n) is 4.40. The molecule has 2 nitrogen and oxygen atoms in total. The van der Waals surface area contributed by atoms with Crippen molar-refractivity contribution < 1.29 is 0 Å². The minimum absolute atomic E-state index is 0.619. The van der Waals surface area contributed by atoms with Crippen LogP contribution in [0.25, 0.3) is 0 Å². The fourth-order valence-electron chi connectivity index (χ4n) is 2.29. The van der Waals surface area contributed by atoms with E-state index in [-0.39, 0.29) is 0 Å². The second-order valence-corrected chi connectivity index (χ2v) is 4.94. The summed E-state index contributed by atoms with van der Waals surface area (Å²) in [5.41, 5.74) is 0. The van der Waals surface area contributed by atoms with Crippen LogP contribution >= 0.6 is 11.6 Å². The lowest BCUT2D eigenvalue weighted by Gasteiger charge is -2.40. The molecule has 0 aliphatic carbocycles. The highest BCUT2D eigenvalue weighted by Crippen LogP contribution is 2.15. The van der Waals surface area contributed by atoms with Crippen molar-refractivity contribution in [2.75, 3.05) is 19.6 Å². The van der Waals surface area contributed by atoms with Gasteiger partial charge in [0.2, 0.25) is 0 Å². The molecule has 1 N–H and O–H groups in total. The molecule has 2 unspecified atom stereocenters. The van der Waals surface area contributed by atoms with Crippen molar-refractivity contribution in [3.05, 3.63) is 11.6 Å². The Morgan fingerprint density at radius 3 is 2.80 bits per heavy atom. The van der Waals surface area contributed by atoms with Crippen molar-refractivity contribution in [1.82, 2.24) is 10.2 Å². The summed E-state index contributed by atoms with van der Waals surface area (Å²) in [5.74, 6) is 0. The van der Waals surface area contributed by atoms with E-state index in [4.69, 9.17) is 11.6 Å². The third kappa shape index (κ3) is 4.13. The zero-order valence-electron chi connectivity index (χ0n) is 9.93. The summed E-state index contributed by atoms with van der Waals surface area (Å²) in [6.07, 6.45) is 3.67. The third-order valence-corrected chi connectivity index (χ3v) is 3.22. The van der Waals surface area contributed by atoms with Gasteiger partial charge in [0.25, 0.3) is 0 Å². The molecular weight excluding hydrogens is 208 g/mol. The number of nitrogens with one attached hydrogen (secondary N) is 1. The van der Waals surface area contributed by atoms with Crippen LogP contribution in [0.1, 0.15) is 33.1 Å². The molecule has 0 aromatic heterocycles. The van der Waals surface area contributed by atoms with Gasteiger partial charge in [-0.15, -0.1) is 0 Å². The van der Waals surface area contributed by atoms with E-state index < -0.39 is 0 Å². The van der Waals surface area contributed by atoms with E-state index >= 15 is 0 Å². The van der Waals surface area contributed by atoms with Crippen LogP contribution in [0.15, 0.2) is 11.6 Å². The van der Waals surface area contributed by atoms with Crippen LogP contribution in [0.4, 0.5) is 0 Å². The summed E-state index contributed by atoms with van der Waals surface area (Å²) in [4.78, 5) is 2.46. The van der Waals surface area contributed by atoms with Gasteiger partial charge in [0.1, 0.15) is 0 Å². The Labute approximate surface area is 98.7 Å². The van der Waals surface area contributed by atoms with Crippen LogP contribution in [-0.2, 0) is 0 Å². The molecule has 15 heavy (non-hydrogen) atoms. The molecule has 1 rings (SSSR count). The predicted molar refractivity (Wildman–Crippen MR) is 67.3 cm³/mol. The van der Waals surface area contributed by atoms with Gasteiger partial charge in [-0.1, -0.05) is 38.4 Å². The zero-order chi connectivity index (χ0) is 11.3. The maximum absolute atomic E-state index is 5.90. The van der Waals surface area contributed by atoms with Gasteiger partial charge in [0.05, 0.1) is 0 Å². The quantitative estimate of drug-likeness (QED) is 0.781. The lowest BCUT2D eigenvalue weighted by molar-refractivity contribution is 0.136. The van der Waals surface area contributed by atoms with Crippen LogP contribution in [0.2, 0.25) is 0 Å². The van der Waals surface area contributed by atoms with Crippen molar-refractivity contribution in [1.29, 1.82) is 0 Å². The fraction of sp³-hybridized carbons (Fsp3) is 0.833. The average molecular weight is 231 g/mol. The molecule has 1 fully saturated rings. The molecule has 88 valence electrons. The van der Waals surface area contributed by atoms with Crippen molar-refractivity contribution >= 4 is 11.6 Å². The Kier molecular flexibility index (Phi) is 5.65. The number of nitrogens with zero attached hydrogens (tertiary/aromatic N) is 1. The second kappa shape index (κ2) is 6.51. The summed E-state index contributed by atoms with van der Waals surface area (Å²) < 4.78 is 0. The first-order valence-electron chi connectivity index (χ1n) is 5.98. The van der Waals surface area contributed by atoms with Crippen molar-refractivity contribution in [2.45, 2.75) is 45.2 Å². The highest BCUT2D eigenvalue weighted by molar-refractivity contribution is 6.29. The van der Waals surface area contributed by atoms with Crippen molar-refractivity contribution in [2.24, 2.45) is 0 Å². The van der Waals surface area contributed by atoms with Crippen LogP contribution in [0, 0.1) is 0 Å². The first kappa shape index (κ1) is 13.0. The topological polar surface area (TPSA) is 15.3 Å². The van der Waals surface area contributed by atoms with Crippen molar-refractivity contribution in [3.63, 3.8) is 0 Å². The highest BCUT2D eigenvalue weighted by Gasteiger charge is 2.25. The molecule has 0 aromatic rings. The molecule has 1 aliphatic heterocycles. The number of rotatable bonds is 5. The molecule has 0 radical (unpaired) electrons. The monoisotopic (exact) mass is 230 g/mol. The van der Waals surface area contributed by atoms with Gasteiger partial charge in [-0.2, -0.15) is 0 Å². The van der Waals surface area contributed by atoms with Crippen LogP contribution in [0.3, 0.4) is 0 Å². The van der Waals surface area contributed by atoms with E-state index in [1.54, 1.807) is 0 Å². The lowest BCUT2D eigenvalue weighted by atomic mass is 10.0. The first-order valence-corrected chi connectivity index (χ1v) is 6.35. The van der Waals surface area contributed by atoms with E-state index in [9.17, 15) is 0 Å². The minimum atomic E-state index is 0.619. The maximum atomic E-state index is 5.90. The maximum Gasteiger partial charge on any atom is 0.0339 e. The Balaban J connectivity index is 2.48. The number of hydrogen-bond acceptors (Lipinski definition) is 2. The van der Waals surface area contributed by atoms with Gasteiger partial charge in [0, 0.05) is 36.8 Å². The molecular formula is C12H23ClN2. The molecule has 0 saturated carbocycles. The SMILES string of the molecule is C=C(Cl)CN1CC(CCC)NCC1CC. The summed E-state index contributed by atoms with van der Waals surface area (Å²) in [5, 5.41) is 4.37. The van der Waals surface area contributed by atoms with Gasteiger partial charge < -0.3 is 5.32 Å². The smallest absolute Gasteiger partial charge is 0.0339 e. The molecule has 0 aromatic carbocycles. The van der Waals surface area contributed by atoms with E-state index in [0.29, 0.717) is 12.1 Å². The predicted octanol–water partition coefficient (Wildman–Crippen LogP) is 2.59. The molecule has 1 heterocycles. The average Bonchev–Trinajstić information content (AvgIpc) is 2.18. The van der Waals surface area contributed by atoms with Crippen molar-refractivity contribution in [3.8, 4) is 0 Å². The van der Waals surface area contributed by atoms with E-state index in [0.717, 1.165) is 24.7 Å². The van der Waals surface area contributed by atoms with Crippen LogP contribution in [-0.4, -0.2) is 36.6 Å². The van der Waals surface area contributed by atoms with Crippen LogP contribution in [0.5, 0.6) is 0 Å². The van der Waals surface area contributed by atoms with Crippen LogP contribution < -0.4 is 5.32 Å². The summed E-state index contributed by atoms with van der Waals surface area (Å²) in [7, 11) is 0. The lowest BCUT2D eigenvalue weighted by Crippen LogP contribution is -2.56. The molecule has 3 heteroatoms. The molecule has 0 spiro atoms. The van der Waals surface area contributed by atoms with E-state index in [2.05, 4.69) is 30.6 Å². The van der Waals surface area contributed by atoms with E-state index in [1.165, 1.54) is 19.3 Å². The standard InChI is InChI=1S/C12H23ClN2/c1-4-6-11-9-15(8-10(3)13)12(5-2)7-14-11/h11-12,14H,3-9H2,1-2H3. The third-order valence-electron chi connectivity index (χ3n) is 3.10. The van der Waals surface area contributed by atoms with Gasteiger partial charge in [-0.3, -0.25) is 4.90 Å².